The van der Waals surface area contributed by atoms with E-state index in [-0.39, 0.29) is 11.9 Å². The van der Waals surface area contributed by atoms with Gasteiger partial charge in [-0.1, -0.05) is 18.2 Å². The fourth-order valence-corrected chi connectivity index (χ4v) is 4.05. The van der Waals surface area contributed by atoms with Gasteiger partial charge < -0.3 is 10.2 Å². The number of carbonyl (C=O) groups is 1. The molecular formula is C24H22N6O. The van der Waals surface area contributed by atoms with Gasteiger partial charge in [0, 0.05) is 54.9 Å². The number of piperidine rings is 1. The average molecular weight is 410 g/mol. The Hall–Kier alpha value is -3.87. The van der Waals surface area contributed by atoms with Crippen molar-refractivity contribution < 1.29 is 4.79 Å². The molecule has 7 heteroatoms. The monoisotopic (exact) mass is 410 g/mol. The van der Waals surface area contributed by atoms with Crippen LogP contribution in [0.15, 0.2) is 73.4 Å². The van der Waals surface area contributed by atoms with Gasteiger partial charge in [0.1, 0.15) is 5.82 Å². The zero-order valence-corrected chi connectivity index (χ0v) is 17.0. The Morgan fingerprint density at radius 3 is 2.77 bits per heavy atom. The average Bonchev–Trinajstić information content (AvgIpc) is 2.84. The maximum absolute atomic E-state index is 13.4. The van der Waals surface area contributed by atoms with Gasteiger partial charge in [-0.2, -0.15) is 0 Å². The number of nitrogens with one attached hydrogen (secondary N) is 1. The number of benzene rings is 1. The molecule has 1 saturated heterocycles. The van der Waals surface area contributed by atoms with Crippen molar-refractivity contribution in [3.8, 4) is 11.3 Å². The maximum Gasteiger partial charge on any atom is 0.252 e. The van der Waals surface area contributed by atoms with E-state index in [0.29, 0.717) is 12.1 Å². The first kappa shape index (κ1) is 19.1. The van der Waals surface area contributed by atoms with Gasteiger partial charge in [-0.3, -0.25) is 14.8 Å². The van der Waals surface area contributed by atoms with Crippen molar-refractivity contribution >= 4 is 22.6 Å². The third-order valence-electron chi connectivity index (χ3n) is 5.55. The molecule has 0 aliphatic carbocycles. The minimum absolute atomic E-state index is 0.0389. The van der Waals surface area contributed by atoms with E-state index in [2.05, 4.69) is 25.2 Å². The summed E-state index contributed by atoms with van der Waals surface area (Å²) in [4.78, 5) is 33.0. The number of anilines is 1. The first-order valence-electron chi connectivity index (χ1n) is 10.4. The summed E-state index contributed by atoms with van der Waals surface area (Å²) in [5.74, 6) is 0.754. The SMILES string of the molecule is O=C(NC1CCCN(c2cnccn2)C1)c1cc(-c2cccnc2)nc2ccccc12. The number of hydrogen-bond donors (Lipinski definition) is 1. The highest BCUT2D eigenvalue weighted by atomic mass is 16.1. The lowest BCUT2D eigenvalue weighted by Gasteiger charge is -2.33. The molecule has 5 rings (SSSR count). The van der Waals surface area contributed by atoms with Crippen LogP contribution in [0.25, 0.3) is 22.2 Å². The lowest BCUT2D eigenvalue weighted by atomic mass is 10.0. The van der Waals surface area contributed by atoms with Gasteiger partial charge in [-0.25, -0.2) is 9.97 Å². The molecule has 1 atom stereocenters. The third-order valence-corrected chi connectivity index (χ3v) is 5.55. The molecule has 31 heavy (non-hydrogen) atoms. The number of amides is 1. The van der Waals surface area contributed by atoms with Gasteiger partial charge in [0.05, 0.1) is 23.0 Å². The second-order valence-electron chi connectivity index (χ2n) is 7.64. The van der Waals surface area contributed by atoms with Crippen LogP contribution in [0.2, 0.25) is 0 Å². The topological polar surface area (TPSA) is 83.9 Å². The summed E-state index contributed by atoms with van der Waals surface area (Å²) in [7, 11) is 0. The van der Waals surface area contributed by atoms with Crippen molar-refractivity contribution in [1.82, 2.24) is 25.3 Å². The minimum atomic E-state index is -0.0882. The van der Waals surface area contributed by atoms with Crippen LogP contribution in [0.3, 0.4) is 0 Å². The molecule has 7 nitrogen and oxygen atoms in total. The van der Waals surface area contributed by atoms with Crippen molar-refractivity contribution in [2.45, 2.75) is 18.9 Å². The molecule has 0 spiro atoms. The molecule has 1 fully saturated rings. The Morgan fingerprint density at radius 2 is 1.94 bits per heavy atom. The Morgan fingerprint density at radius 1 is 1.03 bits per heavy atom. The molecule has 1 aromatic carbocycles. The van der Waals surface area contributed by atoms with Crippen molar-refractivity contribution in [3.63, 3.8) is 0 Å². The van der Waals surface area contributed by atoms with Crippen LogP contribution in [-0.4, -0.2) is 45.0 Å². The molecule has 4 heterocycles. The summed E-state index contributed by atoms with van der Waals surface area (Å²) in [6.45, 7) is 1.62. The number of para-hydroxylation sites is 1. The summed E-state index contributed by atoms with van der Waals surface area (Å²) in [5.41, 5.74) is 3.04. The van der Waals surface area contributed by atoms with E-state index in [1.807, 2.05) is 42.5 Å². The van der Waals surface area contributed by atoms with E-state index in [0.717, 1.165) is 47.4 Å². The highest BCUT2D eigenvalue weighted by molar-refractivity contribution is 6.07. The van der Waals surface area contributed by atoms with E-state index < -0.39 is 0 Å². The molecule has 1 N–H and O–H groups in total. The lowest BCUT2D eigenvalue weighted by Crippen LogP contribution is -2.48. The summed E-state index contributed by atoms with van der Waals surface area (Å²) >= 11 is 0. The molecule has 0 radical (unpaired) electrons. The van der Waals surface area contributed by atoms with E-state index in [1.54, 1.807) is 31.0 Å². The van der Waals surface area contributed by atoms with Gasteiger partial charge in [0.15, 0.2) is 0 Å². The Kier molecular flexibility index (Phi) is 5.22. The van der Waals surface area contributed by atoms with Crippen LogP contribution in [0, 0.1) is 0 Å². The smallest absolute Gasteiger partial charge is 0.252 e. The van der Waals surface area contributed by atoms with E-state index >= 15 is 0 Å². The van der Waals surface area contributed by atoms with Gasteiger partial charge in [0.25, 0.3) is 5.91 Å². The minimum Gasteiger partial charge on any atom is -0.353 e. The largest absolute Gasteiger partial charge is 0.353 e. The van der Waals surface area contributed by atoms with E-state index in [4.69, 9.17) is 4.98 Å². The van der Waals surface area contributed by atoms with Crippen LogP contribution in [-0.2, 0) is 0 Å². The number of carbonyl (C=O) groups excluding carboxylic acids is 1. The summed E-state index contributed by atoms with van der Waals surface area (Å²) in [5, 5.41) is 4.08. The second kappa shape index (κ2) is 8.47. The number of hydrogen-bond acceptors (Lipinski definition) is 6. The number of aromatic nitrogens is 4. The fraction of sp³-hybridized carbons (Fsp3) is 0.208. The molecule has 0 saturated carbocycles. The molecule has 4 aromatic rings. The van der Waals surface area contributed by atoms with E-state index in [9.17, 15) is 4.79 Å². The molecule has 3 aromatic heterocycles. The summed E-state index contributed by atoms with van der Waals surface area (Å²) in [6, 6.07) is 13.5. The first-order valence-corrected chi connectivity index (χ1v) is 10.4. The molecule has 0 bridgehead atoms. The predicted molar refractivity (Wildman–Crippen MR) is 120 cm³/mol. The number of fused-ring (bicyclic) bond motifs is 1. The third kappa shape index (κ3) is 4.07. The maximum atomic E-state index is 13.4. The first-order chi connectivity index (χ1) is 15.3. The van der Waals surface area contributed by atoms with Gasteiger partial charge in [-0.15, -0.1) is 0 Å². The number of nitrogens with zero attached hydrogens (tertiary/aromatic N) is 5. The summed E-state index contributed by atoms with van der Waals surface area (Å²) < 4.78 is 0. The number of pyridine rings is 2. The molecule has 1 aliphatic rings. The zero-order valence-electron chi connectivity index (χ0n) is 17.0. The van der Waals surface area contributed by atoms with Crippen LogP contribution >= 0.6 is 0 Å². The van der Waals surface area contributed by atoms with Crippen LogP contribution in [0.4, 0.5) is 5.82 Å². The molecular weight excluding hydrogens is 388 g/mol. The van der Waals surface area contributed by atoms with Crippen LogP contribution in [0.1, 0.15) is 23.2 Å². The van der Waals surface area contributed by atoms with Crippen LogP contribution < -0.4 is 10.2 Å². The normalized spacial score (nSPS) is 16.3. The Labute approximate surface area is 180 Å². The van der Waals surface area contributed by atoms with Crippen molar-refractivity contribution in [3.05, 3.63) is 79.0 Å². The van der Waals surface area contributed by atoms with Gasteiger partial charge >= 0.3 is 0 Å². The second-order valence-corrected chi connectivity index (χ2v) is 7.64. The molecule has 1 aliphatic heterocycles. The van der Waals surface area contributed by atoms with E-state index in [1.165, 1.54) is 0 Å². The number of rotatable bonds is 4. The van der Waals surface area contributed by atoms with Gasteiger partial charge in [-0.05, 0) is 37.1 Å². The Bertz CT molecular complexity index is 1200. The lowest BCUT2D eigenvalue weighted by molar-refractivity contribution is 0.0934. The van der Waals surface area contributed by atoms with Crippen LogP contribution in [0.5, 0.6) is 0 Å². The highest BCUT2D eigenvalue weighted by Gasteiger charge is 2.24. The zero-order chi connectivity index (χ0) is 21.0. The molecule has 154 valence electrons. The molecule has 1 amide bonds. The highest BCUT2D eigenvalue weighted by Crippen LogP contribution is 2.25. The molecule has 1 unspecified atom stereocenters. The fourth-order valence-electron chi connectivity index (χ4n) is 4.05. The Balaban J connectivity index is 1.43. The standard InChI is InChI=1S/C24H22N6O/c31-24(28-18-6-4-12-30(16-18)23-15-26-10-11-27-23)20-13-22(17-5-3-9-25-14-17)29-21-8-2-1-7-19(20)21/h1-3,5,7-11,13-15,18H,4,6,12,16H2,(H,28,31). The quantitative estimate of drug-likeness (QED) is 0.555. The van der Waals surface area contributed by atoms with Gasteiger partial charge in [0.2, 0.25) is 0 Å². The van der Waals surface area contributed by atoms with Crippen molar-refractivity contribution in [2.24, 2.45) is 0 Å². The van der Waals surface area contributed by atoms with Crippen molar-refractivity contribution in [2.75, 3.05) is 18.0 Å². The van der Waals surface area contributed by atoms with Crippen molar-refractivity contribution in [1.29, 1.82) is 0 Å². The summed E-state index contributed by atoms with van der Waals surface area (Å²) in [6.07, 6.45) is 10.5. The predicted octanol–water partition coefficient (Wildman–Crippen LogP) is 3.49.